The molecule has 0 bridgehead atoms. The molecular formula is C12H12O3. The first-order valence-electron chi connectivity index (χ1n) is 4.61. The molecule has 0 aromatic heterocycles. The molecule has 1 rings (SSSR count). The van der Waals surface area contributed by atoms with Crippen molar-refractivity contribution in [3.05, 3.63) is 24.3 Å². The number of rotatable bonds is 2. The molecule has 1 aromatic rings. The Hall–Kier alpha value is -1.95. The summed E-state index contributed by atoms with van der Waals surface area (Å²) in [4.78, 5) is 11.2. The predicted molar refractivity (Wildman–Crippen MR) is 56.7 cm³/mol. The van der Waals surface area contributed by atoms with Crippen LogP contribution in [-0.2, 0) is 4.79 Å². The van der Waals surface area contributed by atoms with Crippen molar-refractivity contribution in [2.45, 2.75) is 13.3 Å². The van der Waals surface area contributed by atoms with E-state index in [0.717, 1.165) is 0 Å². The first-order valence-corrected chi connectivity index (χ1v) is 4.61. The molecular weight excluding hydrogens is 192 g/mol. The molecule has 0 saturated heterocycles. The van der Waals surface area contributed by atoms with Crippen molar-refractivity contribution in [3.63, 3.8) is 0 Å². The third-order valence-electron chi connectivity index (χ3n) is 1.64. The summed E-state index contributed by atoms with van der Waals surface area (Å²) >= 11 is 0. The SMILES string of the molecule is CCC#CC(=O)Oc1ccccc1OC. The molecule has 3 nitrogen and oxygen atoms in total. The normalized spacial score (nSPS) is 8.67. The Labute approximate surface area is 89.0 Å². The van der Waals surface area contributed by atoms with Crippen LogP contribution in [0.15, 0.2) is 24.3 Å². The summed E-state index contributed by atoms with van der Waals surface area (Å²) < 4.78 is 10.0. The zero-order valence-corrected chi connectivity index (χ0v) is 8.74. The van der Waals surface area contributed by atoms with Gasteiger partial charge in [-0.2, -0.15) is 0 Å². The third-order valence-corrected chi connectivity index (χ3v) is 1.64. The minimum absolute atomic E-state index is 0.385. The Morgan fingerprint density at radius 3 is 2.60 bits per heavy atom. The fraction of sp³-hybridized carbons (Fsp3) is 0.250. The highest BCUT2D eigenvalue weighted by atomic mass is 16.6. The molecule has 0 spiro atoms. The van der Waals surface area contributed by atoms with Gasteiger partial charge in [0.25, 0.3) is 0 Å². The summed E-state index contributed by atoms with van der Waals surface area (Å²) in [5.41, 5.74) is 0. The van der Waals surface area contributed by atoms with Crippen LogP contribution in [0.5, 0.6) is 11.5 Å². The van der Waals surface area contributed by atoms with E-state index in [-0.39, 0.29) is 0 Å². The summed E-state index contributed by atoms with van der Waals surface area (Å²) in [5.74, 6) is 5.34. The molecule has 0 N–H and O–H groups in total. The van der Waals surface area contributed by atoms with Gasteiger partial charge in [0.1, 0.15) is 0 Å². The van der Waals surface area contributed by atoms with E-state index in [0.29, 0.717) is 17.9 Å². The summed E-state index contributed by atoms with van der Waals surface area (Å²) in [6.07, 6.45) is 0.626. The Kier molecular flexibility index (Phi) is 4.24. The molecule has 0 amide bonds. The standard InChI is InChI=1S/C12H12O3/c1-3-4-9-12(13)15-11-8-6-5-7-10(11)14-2/h5-8H,3H2,1-2H3. The first kappa shape index (κ1) is 11.1. The number of hydrogen-bond donors (Lipinski definition) is 0. The second-order valence-electron chi connectivity index (χ2n) is 2.70. The minimum Gasteiger partial charge on any atom is -0.493 e. The molecule has 0 aliphatic rings. The van der Waals surface area contributed by atoms with Crippen LogP contribution in [0.3, 0.4) is 0 Å². The number of para-hydroxylation sites is 2. The quantitative estimate of drug-likeness (QED) is 0.320. The Bertz CT molecular complexity index is 399. The van der Waals surface area contributed by atoms with Gasteiger partial charge < -0.3 is 9.47 Å². The van der Waals surface area contributed by atoms with Crippen molar-refractivity contribution in [1.29, 1.82) is 0 Å². The fourth-order valence-electron chi connectivity index (χ4n) is 0.989. The predicted octanol–water partition coefficient (Wildman–Crippen LogP) is 2.01. The van der Waals surface area contributed by atoms with Crippen molar-refractivity contribution in [3.8, 4) is 23.3 Å². The molecule has 78 valence electrons. The number of ether oxygens (including phenoxy) is 2. The average molecular weight is 204 g/mol. The van der Waals surface area contributed by atoms with E-state index in [1.54, 1.807) is 24.3 Å². The van der Waals surface area contributed by atoms with Crippen LogP contribution in [0.4, 0.5) is 0 Å². The lowest BCUT2D eigenvalue weighted by Gasteiger charge is -2.05. The Morgan fingerprint density at radius 1 is 1.33 bits per heavy atom. The molecule has 0 radical (unpaired) electrons. The van der Waals surface area contributed by atoms with Crippen LogP contribution < -0.4 is 9.47 Å². The van der Waals surface area contributed by atoms with Gasteiger partial charge in [-0.3, -0.25) is 0 Å². The van der Waals surface area contributed by atoms with Crippen molar-refractivity contribution >= 4 is 5.97 Å². The molecule has 0 fully saturated rings. The second-order valence-corrected chi connectivity index (χ2v) is 2.70. The maximum absolute atomic E-state index is 11.2. The van der Waals surface area contributed by atoms with E-state index in [9.17, 15) is 4.79 Å². The average Bonchev–Trinajstić information content (AvgIpc) is 2.27. The molecule has 0 atom stereocenters. The van der Waals surface area contributed by atoms with E-state index in [1.807, 2.05) is 6.92 Å². The second kappa shape index (κ2) is 5.71. The van der Waals surface area contributed by atoms with Crippen LogP contribution in [-0.4, -0.2) is 13.1 Å². The monoisotopic (exact) mass is 204 g/mol. The summed E-state index contributed by atoms with van der Waals surface area (Å²) in [5, 5.41) is 0. The molecule has 0 unspecified atom stereocenters. The largest absolute Gasteiger partial charge is 0.493 e. The topological polar surface area (TPSA) is 35.5 Å². The van der Waals surface area contributed by atoms with Crippen molar-refractivity contribution < 1.29 is 14.3 Å². The lowest BCUT2D eigenvalue weighted by Crippen LogP contribution is -2.05. The van der Waals surface area contributed by atoms with Crippen molar-refractivity contribution in [1.82, 2.24) is 0 Å². The van der Waals surface area contributed by atoms with Gasteiger partial charge in [0.05, 0.1) is 7.11 Å². The zero-order valence-electron chi connectivity index (χ0n) is 8.74. The van der Waals surface area contributed by atoms with Gasteiger partial charge in [-0.1, -0.05) is 25.0 Å². The minimum atomic E-state index is -0.568. The van der Waals surface area contributed by atoms with Crippen molar-refractivity contribution in [2.24, 2.45) is 0 Å². The van der Waals surface area contributed by atoms with Crippen LogP contribution in [0.1, 0.15) is 13.3 Å². The van der Waals surface area contributed by atoms with Crippen LogP contribution in [0, 0.1) is 11.8 Å². The van der Waals surface area contributed by atoms with Gasteiger partial charge in [-0.25, -0.2) is 4.79 Å². The lowest BCUT2D eigenvalue weighted by molar-refractivity contribution is -0.128. The molecule has 15 heavy (non-hydrogen) atoms. The van der Waals surface area contributed by atoms with Crippen LogP contribution in [0.25, 0.3) is 0 Å². The highest BCUT2D eigenvalue weighted by Gasteiger charge is 2.05. The van der Waals surface area contributed by atoms with Gasteiger partial charge in [0.2, 0.25) is 0 Å². The van der Waals surface area contributed by atoms with E-state index in [4.69, 9.17) is 9.47 Å². The summed E-state index contributed by atoms with van der Waals surface area (Å²) in [6.45, 7) is 1.86. The fourth-order valence-corrected chi connectivity index (χ4v) is 0.989. The van der Waals surface area contributed by atoms with E-state index >= 15 is 0 Å². The third kappa shape index (κ3) is 3.35. The number of carbonyl (C=O) groups excluding carboxylic acids is 1. The molecule has 0 heterocycles. The molecule has 0 aliphatic carbocycles. The molecule has 3 heteroatoms. The van der Waals surface area contributed by atoms with Crippen LogP contribution in [0.2, 0.25) is 0 Å². The number of benzene rings is 1. The maximum atomic E-state index is 11.2. The Balaban J connectivity index is 2.76. The number of esters is 1. The number of hydrogen-bond acceptors (Lipinski definition) is 3. The van der Waals surface area contributed by atoms with Gasteiger partial charge in [-0.05, 0) is 12.1 Å². The van der Waals surface area contributed by atoms with Crippen LogP contribution >= 0.6 is 0 Å². The highest BCUT2D eigenvalue weighted by molar-refractivity contribution is 5.90. The maximum Gasteiger partial charge on any atom is 0.389 e. The van der Waals surface area contributed by atoms with E-state index < -0.39 is 5.97 Å². The summed E-state index contributed by atoms with van der Waals surface area (Å²) in [7, 11) is 1.52. The number of carbonyl (C=O) groups is 1. The lowest BCUT2D eigenvalue weighted by atomic mass is 10.3. The van der Waals surface area contributed by atoms with Gasteiger partial charge in [0, 0.05) is 12.3 Å². The first-order chi connectivity index (χ1) is 7.27. The van der Waals surface area contributed by atoms with Gasteiger partial charge in [-0.15, -0.1) is 0 Å². The Morgan fingerprint density at radius 2 is 2.00 bits per heavy atom. The molecule has 0 aliphatic heterocycles. The highest BCUT2D eigenvalue weighted by Crippen LogP contribution is 2.25. The number of methoxy groups -OCH3 is 1. The summed E-state index contributed by atoms with van der Waals surface area (Å²) in [6, 6.07) is 6.94. The van der Waals surface area contributed by atoms with Gasteiger partial charge >= 0.3 is 5.97 Å². The van der Waals surface area contributed by atoms with Crippen molar-refractivity contribution in [2.75, 3.05) is 7.11 Å². The molecule has 0 saturated carbocycles. The van der Waals surface area contributed by atoms with E-state index in [2.05, 4.69) is 11.8 Å². The molecule has 1 aromatic carbocycles. The zero-order chi connectivity index (χ0) is 11.1. The van der Waals surface area contributed by atoms with Gasteiger partial charge in [0.15, 0.2) is 11.5 Å². The van der Waals surface area contributed by atoms with E-state index in [1.165, 1.54) is 7.11 Å². The smallest absolute Gasteiger partial charge is 0.389 e.